The lowest BCUT2D eigenvalue weighted by Gasteiger charge is -2.29. The normalized spacial score (nSPS) is 16.7. The highest BCUT2D eigenvalue weighted by atomic mass is 16.2. The summed E-state index contributed by atoms with van der Waals surface area (Å²) < 4.78 is 0. The van der Waals surface area contributed by atoms with E-state index in [0.29, 0.717) is 5.56 Å². The Bertz CT molecular complexity index is 885. The van der Waals surface area contributed by atoms with Crippen LogP contribution < -0.4 is 5.32 Å². The van der Waals surface area contributed by atoms with Crippen molar-refractivity contribution in [1.82, 2.24) is 15.1 Å². The van der Waals surface area contributed by atoms with E-state index in [1.165, 1.54) is 25.9 Å². The zero-order chi connectivity index (χ0) is 20.2. The first-order chi connectivity index (χ1) is 14.2. The highest BCUT2D eigenvalue weighted by molar-refractivity contribution is 5.97. The van der Waals surface area contributed by atoms with Crippen molar-refractivity contribution in [3.8, 4) is 11.1 Å². The van der Waals surface area contributed by atoms with Gasteiger partial charge in [0.25, 0.3) is 11.8 Å². The Labute approximate surface area is 172 Å². The van der Waals surface area contributed by atoms with Gasteiger partial charge in [-0.25, -0.2) is 0 Å². The van der Waals surface area contributed by atoms with Gasteiger partial charge in [-0.15, -0.1) is 0 Å². The SMILES string of the molecule is CNC(=O)c1ccc(-c2ccc3c(c2)CCN(CCCN2CCCC2)C3=O)cc1. The van der Waals surface area contributed by atoms with Crippen LogP contribution in [-0.2, 0) is 6.42 Å². The van der Waals surface area contributed by atoms with E-state index < -0.39 is 0 Å². The predicted octanol–water partition coefficient (Wildman–Crippen LogP) is 3.20. The van der Waals surface area contributed by atoms with E-state index in [1.54, 1.807) is 7.05 Å². The Kier molecular flexibility index (Phi) is 5.95. The Morgan fingerprint density at radius 1 is 0.966 bits per heavy atom. The molecule has 152 valence electrons. The van der Waals surface area contributed by atoms with Crippen molar-refractivity contribution in [2.45, 2.75) is 25.7 Å². The number of carbonyl (C=O) groups is 2. The molecular weight excluding hydrogens is 362 g/mol. The van der Waals surface area contributed by atoms with Gasteiger partial charge in [-0.05, 0) is 80.2 Å². The van der Waals surface area contributed by atoms with Crippen LogP contribution in [0.4, 0.5) is 0 Å². The third kappa shape index (κ3) is 4.35. The largest absolute Gasteiger partial charge is 0.355 e. The van der Waals surface area contributed by atoms with Crippen LogP contribution >= 0.6 is 0 Å². The Morgan fingerprint density at radius 3 is 2.41 bits per heavy atom. The van der Waals surface area contributed by atoms with E-state index in [-0.39, 0.29) is 11.8 Å². The monoisotopic (exact) mass is 391 g/mol. The molecule has 29 heavy (non-hydrogen) atoms. The van der Waals surface area contributed by atoms with E-state index in [1.807, 2.05) is 41.3 Å². The fourth-order valence-corrected chi connectivity index (χ4v) is 4.38. The minimum atomic E-state index is -0.0857. The fourth-order valence-electron chi connectivity index (χ4n) is 4.38. The number of likely N-dealkylation sites (tertiary alicyclic amines) is 1. The zero-order valence-corrected chi connectivity index (χ0v) is 17.1. The number of nitrogens with zero attached hydrogens (tertiary/aromatic N) is 2. The molecule has 0 aliphatic carbocycles. The molecule has 0 bridgehead atoms. The topological polar surface area (TPSA) is 52.7 Å². The van der Waals surface area contributed by atoms with Crippen molar-refractivity contribution in [1.29, 1.82) is 0 Å². The number of fused-ring (bicyclic) bond motifs is 1. The van der Waals surface area contributed by atoms with E-state index >= 15 is 0 Å². The smallest absolute Gasteiger partial charge is 0.254 e. The van der Waals surface area contributed by atoms with Crippen LogP contribution in [0.1, 0.15) is 45.5 Å². The summed E-state index contributed by atoms with van der Waals surface area (Å²) in [6.45, 7) is 5.16. The van der Waals surface area contributed by atoms with Crippen molar-refractivity contribution in [3.05, 3.63) is 59.2 Å². The summed E-state index contributed by atoms with van der Waals surface area (Å²) in [5.41, 5.74) is 4.75. The molecule has 5 nitrogen and oxygen atoms in total. The van der Waals surface area contributed by atoms with Crippen LogP contribution in [0.2, 0.25) is 0 Å². The van der Waals surface area contributed by atoms with E-state index in [4.69, 9.17) is 0 Å². The molecular formula is C24H29N3O2. The predicted molar refractivity (Wildman–Crippen MR) is 115 cm³/mol. The maximum atomic E-state index is 12.9. The second-order valence-corrected chi connectivity index (χ2v) is 7.97. The molecule has 0 radical (unpaired) electrons. The molecule has 5 heteroatoms. The first-order valence-corrected chi connectivity index (χ1v) is 10.6. The average molecular weight is 392 g/mol. The minimum Gasteiger partial charge on any atom is -0.355 e. The van der Waals surface area contributed by atoms with Crippen molar-refractivity contribution < 1.29 is 9.59 Å². The molecule has 2 heterocycles. The van der Waals surface area contributed by atoms with Crippen LogP contribution in [-0.4, -0.2) is 61.4 Å². The van der Waals surface area contributed by atoms with Gasteiger partial charge < -0.3 is 15.1 Å². The first-order valence-electron chi connectivity index (χ1n) is 10.6. The molecule has 0 saturated carbocycles. The van der Waals surface area contributed by atoms with Gasteiger partial charge in [-0.3, -0.25) is 9.59 Å². The summed E-state index contributed by atoms with van der Waals surface area (Å²) in [6.07, 6.45) is 4.57. The molecule has 0 unspecified atom stereocenters. The van der Waals surface area contributed by atoms with Crippen LogP contribution in [0.25, 0.3) is 11.1 Å². The van der Waals surface area contributed by atoms with Gasteiger partial charge in [0.15, 0.2) is 0 Å². The highest BCUT2D eigenvalue weighted by Gasteiger charge is 2.24. The number of nitrogens with one attached hydrogen (secondary N) is 1. The Morgan fingerprint density at radius 2 is 1.69 bits per heavy atom. The van der Waals surface area contributed by atoms with E-state index in [0.717, 1.165) is 54.7 Å². The summed E-state index contributed by atoms with van der Waals surface area (Å²) in [4.78, 5) is 29.1. The molecule has 1 saturated heterocycles. The lowest BCUT2D eigenvalue weighted by molar-refractivity contribution is 0.0733. The first kappa shape index (κ1) is 19.6. The quantitative estimate of drug-likeness (QED) is 0.823. The third-order valence-electron chi connectivity index (χ3n) is 6.08. The van der Waals surface area contributed by atoms with Gasteiger partial charge in [-0.1, -0.05) is 24.3 Å². The summed E-state index contributed by atoms with van der Waals surface area (Å²) in [5, 5.41) is 2.64. The molecule has 2 aliphatic rings. The van der Waals surface area contributed by atoms with Gasteiger partial charge in [-0.2, -0.15) is 0 Å². The Balaban J connectivity index is 1.42. The van der Waals surface area contributed by atoms with E-state index in [2.05, 4.69) is 16.3 Å². The summed E-state index contributed by atoms with van der Waals surface area (Å²) in [6, 6.07) is 13.7. The summed E-state index contributed by atoms with van der Waals surface area (Å²) in [5.74, 6) is 0.0756. The number of benzene rings is 2. The van der Waals surface area contributed by atoms with Gasteiger partial charge in [0.05, 0.1) is 0 Å². The van der Waals surface area contributed by atoms with Crippen molar-refractivity contribution >= 4 is 11.8 Å². The van der Waals surface area contributed by atoms with Crippen molar-refractivity contribution in [3.63, 3.8) is 0 Å². The summed E-state index contributed by atoms with van der Waals surface area (Å²) >= 11 is 0. The molecule has 2 aromatic rings. The van der Waals surface area contributed by atoms with Crippen LogP contribution in [0.15, 0.2) is 42.5 Å². The maximum absolute atomic E-state index is 12.9. The standard InChI is InChI=1S/C24H29N3O2/c1-25-23(28)19-7-5-18(6-8-19)20-9-10-22-21(17-20)11-16-27(24(22)29)15-4-14-26-12-2-3-13-26/h5-10,17H,2-4,11-16H2,1H3,(H,25,28). The molecule has 2 aromatic carbocycles. The number of hydrogen-bond acceptors (Lipinski definition) is 3. The third-order valence-corrected chi connectivity index (χ3v) is 6.08. The number of carbonyl (C=O) groups excluding carboxylic acids is 2. The second-order valence-electron chi connectivity index (χ2n) is 7.97. The number of hydrogen-bond donors (Lipinski definition) is 1. The maximum Gasteiger partial charge on any atom is 0.254 e. The minimum absolute atomic E-state index is 0.0857. The lowest BCUT2D eigenvalue weighted by Crippen LogP contribution is -2.39. The molecule has 1 N–H and O–H groups in total. The summed E-state index contributed by atoms with van der Waals surface area (Å²) in [7, 11) is 1.63. The van der Waals surface area contributed by atoms with Crippen LogP contribution in [0.5, 0.6) is 0 Å². The number of rotatable bonds is 6. The fraction of sp³-hybridized carbons (Fsp3) is 0.417. The van der Waals surface area contributed by atoms with Crippen LogP contribution in [0, 0.1) is 0 Å². The molecule has 2 aliphatic heterocycles. The zero-order valence-electron chi connectivity index (χ0n) is 17.1. The molecule has 0 spiro atoms. The molecule has 0 atom stereocenters. The molecule has 4 rings (SSSR count). The lowest BCUT2D eigenvalue weighted by atomic mass is 9.93. The number of amides is 2. The van der Waals surface area contributed by atoms with Crippen LogP contribution in [0.3, 0.4) is 0 Å². The van der Waals surface area contributed by atoms with Crippen molar-refractivity contribution in [2.75, 3.05) is 39.8 Å². The van der Waals surface area contributed by atoms with Gasteiger partial charge in [0, 0.05) is 31.3 Å². The van der Waals surface area contributed by atoms with Gasteiger partial charge >= 0.3 is 0 Å². The van der Waals surface area contributed by atoms with Gasteiger partial charge in [0.2, 0.25) is 0 Å². The van der Waals surface area contributed by atoms with Crippen molar-refractivity contribution in [2.24, 2.45) is 0 Å². The molecule has 1 fully saturated rings. The average Bonchev–Trinajstić information content (AvgIpc) is 3.28. The van der Waals surface area contributed by atoms with Gasteiger partial charge in [0.1, 0.15) is 0 Å². The molecule has 2 amide bonds. The second kappa shape index (κ2) is 8.78. The molecule has 0 aromatic heterocycles. The Hall–Kier alpha value is -2.66. The van der Waals surface area contributed by atoms with E-state index in [9.17, 15) is 9.59 Å². The highest BCUT2D eigenvalue weighted by Crippen LogP contribution is 2.27.